The van der Waals surface area contributed by atoms with E-state index in [9.17, 15) is 4.79 Å². The second-order valence-electron chi connectivity index (χ2n) is 5.07. The Labute approximate surface area is 79.7 Å². The van der Waals surface area contributed by atoms with Gasteiger partial charge in [-0.1, -0.05) is 13.8 Å². The SMILES string of the molecule is COC(=O)[C@H]1CC[C@H]2C[C@@H]1C2(C)C. The second kappa shape index (κ2) is 2.73. The number of ether oxygens (including phenoxy) is 1. The van der Waals surface area contributed by atoms with Crippen LogP contribution in [0.5, 0.6) is 0 Å². The summed E-state index contributed by atoms with van der Waals surface area (Å²) in [6, 6.07) is 0. The van der Waals surface area contributed by atoms with E-state index in [1.807, 2.05) is 0 Å². The Morgan fingerprint density at radius 3 is 2.54 bits per heavy atom. The van der Waals surface area contributed by atoms with E-state index in [0.717, 1.165) is 12.3 Å². The number of hydrogen-bond acceptors (Lipinski definition) is 2. The van der Waals surface area contributed by atoms with Crippen molar-refractivity contribution in [3.05, 3.63) is 0 Å². The predicted molar refractivity (Wildman–Crippen MR) is 50.1 cm³/mol. The van der Waals surface area contributed by atoms with Crippen molar-refractivity contribution in [1.82, 2.24) is 0 Å². The maximum absolute atomic E-state index is 11.5. The van der Waals surface area contributed by atoms with Crippen molar-refractivity contribution in [3.63, 3.8) is 0 Å². The molecule has 0 heterocycles. The van der Waals surface area contributed by atoms with Gasteiger partial charge in [0, 0.05) is 0 Å². The Hall–Kier alpha value is -0.530. The first-order valence-electron chi connectivity index (χ1n) is 5.15. The lowest BCUT2D eigenvalue weighted by molar-refractivity contribution is -0.167. The van der Waals surface area contributed by atoms with Crippen molar-refractivity contribution < 1.29 is 9.53 Å². The maximum atomic E-state index is 11.5. The lowest BCUT2D eigenvalue weighted by atomic mass is 9.45. The first kappa shape index (κ1) is 9.04. The first-order chi connectivity index (χ1) is 6.07. The quantitative estimate of drug-likeness (QED) is 0.581. The van der Waals surface area contributed by atoms with Crippen molar-refractivity contribution in [1.29, 1.82) is 0 Å². The molecule has 0 aliphatic heterocycles. The van der Waals surface area contributed by atoms with Gasteiger partial charge in [-0.3, -0.25) is 4.79 Å². The molecule has 0 aromatic rings. The van der Waals surface area contributed by atoms with Crippen molar-refractivity contribution >= 4 is 5.97 Å². The molecular formula is C11H18O2. The lowest BCUT2D eigenvalue weighted by Crippen LogP contribution is -2.54. The Morgan fingerprint density at radius 2 is 2.08 bits per heavy atom. The number of carbonyl (C=O) groups excluding carboxylic acids is 1. The standard InChI is InChI=1S/C11H18O2/c1-11(2)7-4-5-8(9(11)6-7)10(12)13-3/h7-9H,4-6H2,1-3H3/t7-,8-,9-/m0/s1. The van der Waals surface area contributed by atoms with Crippen LogP contribution in [0.25, 0.3) is 0 Å². The third-order valence-electron chi connectivity index (χ3n) is 4.36. The molecule has 0 N–H and O–H groups in total. The summed E-state index contributed by atoms with van der Waals surface area (Å²) < 4.78 is 4.84. The van der Waals surface area contributed by atoms with E-state index in [0.29, 0.717) is 11.3 Å². The molecule has 3 aliphatic carbocycles. The van der Waals surface area contributed by atoms with Crippen LogP contribution >= 0.6 is 0 Å². The van der Waals surface area contributed by atoms with Gasteiger partial charge in [-0.2, -0.15) is 0 Å². The van der Waals surface area contributed by atoms with Crippen LogP contribution < -0.4 is 0 Å². The van der Waals surface area contributed by atoms with Gasteiger partial charge in [0.1, 0.15) is 0 Å². The van der Waals surface area contributed by atoms with Gasteiger partial charge in [-0.15, -0.1) is 0 Å². The fraction of sp³-hybridized carbons (Fsp3) is 0.909. The van der Waals surface area contributed by atoms with Crippen LogP contribution in [0, 0.1) is 23.2 Å². The minimum atomic E-state index is 0.0104. The third kappa shape index (κ3) is 1.11. The Morgan fingerprint density at radius 1 is 1.38 bits per heavy atom. The highest BCUT2D eigenvalue weighted by atomic mass is 16.5. The van der Waals surface area contributed by atoms with E-state index < -0.39 is 0 Å². The fourth-order valence-corrected chi connectivity index (χ4v) is 3.24. The van der Waals surface area contributed by atoms with Gasteiger partial charge in [0.05, 0.1) is 13.0 Å². The summed E-state index contributed by atoms with van der Waals surface area (Å²) in [5, 5.41) is 0. The van der Waals surface area contributed by atoms with E-state index in [4.69, 9.17) is 4.74 Å². The molecule has 0 unspecified atom stereocenters. The summed E-state index contributed by atoms with van der Waals surface area (Å²) in [6.07, 6.45) is 3.50. The van der Waals surface area contributed by atoms with Gasteiger partial charge in [0.15, 0.2) is 0 Å². The Balaban J connectivity index is 2.11. The number of methoxy groups -OCH3 is 1. The van der Waals surface area contributed by atoms with Crippen LogP contribution in [0.1, 0.15) is 33.1 Å². The summed E-state index contributed by atoms with van der Waals surface area (Å²) in [6.45, 7) is 4.59. The van der Waals surface area contributed by atoms with E-state index >= 15 is 0 Å². The third-order valence-corrected chi connectivity index (χ3v) is 4.36. The molecular weight excluding hydrogens is 164 g/mol. The zero-order chi connectivity index (χ0) is 9.64. The van der Waals surface area contributed by atoms with Crippen LogP contribution in [-0.2, 0) is 9.53 Å². The number of rotatable bonds is 1. The maximum Gasteiger partial charge on any atom is 0.308 e. The topological polar surface area (TPSA) is 26.3 Å². The van der Waals surface area contributed by atoms with Crippen molar-refractivity contribution in [2.24, 2.45) is 23.2 Å². The summed E-state index contributed by atoms with van der Waals surface area (Å²) in [4.78, 5) is 11.5. The predicted octanol–water partition coefficient (Wildman–Crippen LogP) is 2.23. The van der Waals surface area contributed by atoms with Crippen LogP contribution in [0.4, 0.5) is 0 Å². The van der Waals surface area contributed by atoms with E-state index in [2.05, 4.69) is 13.8 Å². The van der Waals surface area contributed by atoms with Crippen molar-refractivity contribution in [2.45, 2.75) is 33.1 Å². The van der Waals surface area contributed by atoms with Crippen LogP contribution in [0.15, 0.2) is 0 Å². The number of carbonyl (C=O) groups is 1. The van der Waals surface area contributed by atoms with Crippen molar-refractivity contribution in [3.8, 4) is 0 Å². The van der Waals surface area contributed by atoms with Crippen molar-refractivity contribution in [2.75, 3.05) is 7.11 Å². The van der Waals surface area contributed by atoms with Gasteiger partial charge in [-0.05, 0) is 36.5 Å². The number of hydrogen-bond donors (Lipinski definition) is 0. The molecule has 2 nitrogen and oxygen atoms in total. The summed E-state index contributed by atoms with van der Waals surface area (Å²) in [5.41, 5.74) is 0.386. The summed E-state index contributed by atoms with van der Waals surface area (Å²) in [5.74, 6) is 1.64. The highest BCUT2D eigenvalue weighted by molar-refractivity contribution is 5.73. The lowest BCUT2D eigenvalue weighted by Gasteiger charge is -2.59. The van der Waals surface area contributed by atoms with Crippen LogP contribution in [0.2, 0.25) is 0 Å². The molecule has 3 fully saturated rings. The smallest absolute Gasteiger partial charge is 0.308 e. The average molecular weight is 182 g/mol. The van der Waals surface area contributed by atoms with Gasteiger partial charge in [0.2, 0.25) is 0 Å². The van der Waals surface area contributed by atoms with E-state index in [1.165, 1.54) is 20.0 Å². The Bertz CT molecular complexity index is 230. The van der Waals surface area contributed by atoms with Crippen LogP contribution in [0.3, 0.4) is 0 Å². The summed E-state index contributed by atoms with van der Waals surface area (Å²) in [7, 11) is 1.50. The second-order valence-corrected chi connectivity index (χ2v) is 5.07. The van der Waals surface area contributed by atoms with Gasteiger partial charge in [-0.25, -0.2) is 0 Å². The fourth-order valence-electron chi connectivity index (χ4n) is 3.24. The van der Waals surface area contributed by atoms with Crippen LogP contribution in [-0.4, -0.2) is 13.1 Å². The van der Waals surface area contributed by atoms with Gasteiger partial charge >= 0.3 is 5.97 Å². The number of fused-ring (bicyclic) bond motifs is 2. The molecule has 0 spiro atoms. The average Bonchev–Trinajstić information content (AvgIpc) is 2.16. The number of esters is 1. The molecule has 2 bridgehead atoms. The molecule has 13 heavy (non-hydrogen) atoms. The minimum Gasteiger partial charge on any atom is -0.469 e. The zero-order valence-electron chi connectivity index (χ0n) is 8.67. The first-order valence-corrected chi connectivity index (χ1v) is 5.15. The normalized spacial score (nSPS) is 40.7. The summed E-state index contributed by atoms with van der Waals surface area (Å²) >= 11 is 0. The molecule has 2 heteroatoms. The molecule has 3 atom stereocenters. The molecule has 3 rings (SSSR count). The highest BCUT2D eigenvalue weighted by Crippen LogP contribution is 2.61. The van der Waals surface area contributed by atoms with Gasteiger partial charge in [0.25, 0.3) is 0 Å². The molecule has 0 radical (unpaired) electrons. The molecule has 3 aliphatic rings. The highest BCUT2D eigenvalue weighted by Gasteiger charge is 2.56. The van der Waals surface area contributed by atoms with E-state index in [1.54, 1.807) is 0 Å². The Kier molecular flexibility index (Phi) is 1.90. The molecule has 0 amide bonds. The largest absolute Gasteiger partial charge is 0.469 e. The minimum absolute atomic E-state index is 0.0104. The van der Waals surface area contributed by atoms with Gasteiger partial charge < -0.3 is 4.74 Å². The molecule has 74 valence electrons. The molecule has 0 aromatic heterocycles. The molecule has 3 saturated carbocycles. The molecule has 0 saturated heterocycles. The molecule has 0 aromatic carbocycles. The van der Waals surface area contributed by atoms with E-state index in [-0.39, 0.29) is 11.9 Å². The monoisotopic (exact) mass is 182 g/mol. The zero-order valence-corrected chi connectivity index (χ0v) is 8.67.